The molecule has 1 aliphatic carbocycles. The van der Waals surface area contributed by atoms with Gasteiger partial charge in [0.05, 0.1) is 6.61 Å². The molecule has 3 aromatic rings. The summed E-state index contributed by atoms with van der Waals surface area (Å²) in [5, 5.41) is 16.4. The minimum absolute atomic E-state index is 0.0977. The Kier molecular flexibility index (Phi) is 3.49. The van der Waals surface area contributed by atoms with E-state index < -0.39 is 0 Å². The summed E-state index contributed by atoms with van der Waals surface area (Å²) in [5.41, 5.74) is 0.773. The first-order valence-electron chi connectivity index (χ1n) is 7.79. The quantitative estimate of drug-likeness (QED) is 0.754. The summed E-state index contributed by atoms with van der Waals surface area (Å²) in [6.07, 6.45) is 2.33. The Morgan fingerprint density at radius 3 is 2.87 bits per heavy atom. The molecule has 3 aromatic heterocycles. The predicted octanol–water partition coefficient (Wildman–Crippen LogP) is 2.70. The number of fused-ring (bicyclic) bond motifs is 1. The van der Waals surface area contributed by atoms with Gasteiger partial charge < -0.3 is 14.5 Å². The molecule has 0 unspecified atom stereocenters. The van der Waals surface area contributed by atoms with E-state index in [2.05, 4.69) is 20.6 Å². The average molecular weight is 313 g/mol. The summed E-state index contributed by atoms with van der Waals surface area (Å²) in [4.78, 5) is 0. The first-order valence-corrected chi connectivity index (χ1v) is 7.79. The molecular formula is C16H19N5O2. The van der Waals surface area contributed by atoms with Crippen molar-refractivity contribution >= 4 is 11.5 Å². The molecule has 0 radical (unpaired) electrons. The highest BCUT2D eigenvalue weighted by Crippen LogP contribution is 2.38. The molecule has 0 bridgehead atoms. The van der Waals surface area contributed by atoms with Gasteiger partial charge in [-0.1, -0.05) is 0 Å². The predicted molar refractivity (Wildman–Crippen MR) is 84.4 cm³/mol. The van der Waals surface area contributed by atoms with Gasteiger partial charge in [0, 0.05) is 13.0 Å². The van der Waals surface area contributed by atoms with Gasteiger partial charge in [0.15, 0.2) is 11.5 Å². The molecule has 3 heterocycles. The molecule has 1 saturated carbocycles. The normalized spacial score (nSPS) is 15.9. The van der Waals surface area contributed by atoms with Crippen LogP contribution < -0.4 is 5.32 Å². The van der Waals surface area contributed by atoms with Crippen LogP contribution in [0.5, 0.6) is 0 Å². The maximum Gasteiger partial charge on any atom is 0.178 e. The molecule has 0 aliphatic heterocycles. The third-order valence-electron chi connectivity index (χ3n) is 3.99. The van der Waals surface area contributed by atoms with Crippen LogP contribution in [0.4, 0.5) is 5.82 Å². The van der Waals surface area contributed by atoms with Crippen molar-refractivity contribution in [2.45, 2.75) is 31.7 Å². The fourth-order valence-electron chi connectivity index (χ4n) is 2.66. The first kappa shape index (κ1) is 14.2. The maximum atomic E-state index is 5.71. The van der Waals surface area contributed by atoms with E-state index in [1.165, 1.54) is 0 Å². The molecule has 0 aromatic carbocycles. The highest BCUT2D eigenvalue weighted by atomic mass is 16.5. The largest absolute Gasteiger partial charge is 0.464 e. The van der Waals surface area contributed by atoms with Crippen molar-refractivity contribution in [2.24, 2.45) is 0 Å². The topological polar surface area (TPSA) is 77.5 Å². The molecule has 1 aliphatic rings. The van der Waals surface area contributed by atoms with E-state index in [4.69, 9.17) is 9.15 Å². The second-order valence-electron chi connectivity index (χ2n) is 5.92. The number of hydrogen-bond acceptors (Lipinski definition) is 6. The van der Waals surface area contributed by atoms with Gasteiger partial charge in [-0.05, 0) is 44.0 Å². The lowest BCUT2D eigenvalue weighted by atomic mass is 10.2. The highest BCUT2D eigenvalue weighted by molar-refractivity contribution is 5.45. The van der Waals surface area contributed by atoms with Crippen LogP contribution in [-0.2, 0) is 4.74 Å². The molecule has 0 spiro atoms. The minimum Gasteiger partial charge on any atom is -0.464 e. The van der Waals surface area contributed by atoms with E-state index in [0.29, 0.717) is 12.5 Å². The number of nitrogens with one attached hydrogen (secondary N) is 1. The smallest absolute Gasteiger partial charge is 0.178 e. The van der Waals surface area contributed by atoms with Crippen LogP contribution in [0.2, 0.25) is 0 Å². The second-order valence-corrected chi connectivity index (χ2v) is 5.92. The highest BCUT2D eigenvalue weighted by Gasteiger charge is 2.29. The first-order chi connectivity index (χ1) is 11.2. The van der Waals surface area contributed by atoms with Crippen molar-refractivity contribution in [2.75, 3.05) is 19.0 Å². The second kappa shape index (κ2) is 5.66. The number of aromatic nitrogens is 4. The van der Waals surface area contributed by atoms with E-state index in [-0.39, 0.29) is 6.04 Å². The number of nitrogens with zero attached hydrogens (tertiary/aromatic N) is 4. The Morgan fingerprint density at radius 1 is 1.30 bits per heavy atom. The van der Waals surface area contributed by atoms with Gasteiger partial charge in [0.1, 0.15) is 23.4 Å². The molecular weight excluding hydrogens is 294 g/mol. The Labute approximate surface area is 133 Å². The fraction of sp³-hybridized carbons (Fsp3) is 0.438. The van der Waals surface area contributed by atoms with Crippen molar-refractivity contribution in [1.82, 2.24) is 19.8 Å². The Balaban J connectivity index is 1.63. The zero-order valence-electron chi connectivity index (χ0n) is 13.2. The van der Waals surface area contributed by atoms with E-state index in [1.807, 2.05) is 35.7 Å². The Morgan fingerprint density at radius 2 is 2.17 bits per heavy atom. The fourth-order valence-corrected chi connectivity index (χ4v) is 2.66. The lowest BCUT2D eigenvalue weighted by Crippen LogP contribution is -2.17. The Bertz CT molecular complexity index is 821. The third kappa shape index (κ3) is 2.79. The monoisotopic (exact) mass is 313 g/mol. The average Bonchev–Trinajstić information content (AvgIpc) is 3.16. The molecule has 4 rings (SSSR count). The van der Waals surface area contributed by atoms with Gasteiger partial charge in [-0.25, -0.2) is 0 Å². The van der Waals surface area contributed by atoms with Crippen molar-refractivity contribution in [3.05, 3.63) is 41.6 Å². The number of rotatable bonds is 6. The number of hydrogen-bond donors (Lipinski definition) is 1. The van der Waals surface area contributed by atoms with Gasteiger partial charge in [-0.3, -0.25) is 0 Å². The van der Waals surface area contributed by atoms with Crippen molar-refractivity contribution in [3.63, 3.8) is 0 Å². The standard InChI is InChI=1S/C16H19N5O2/c1-10-3-6-13(23-10)12(9-22-2)17-14-7-8-15-18-19-16(11-4-5-11)21(15)20-14/h3,6-8,11-12H,4-5,9H2,1-2H3,(H,17,20)/t12-/m1/s1. The molecule has 7 heteroatoms. The van der Waals surface area contributed by atoms with Crippen molar-refractivity contribution in [3.8, 4) is 0 Å². The van der Waals surface area contributed by atoms with Crippen LogP contribution in [0.15, 0.2) is 28.7 Å². The molecule has 1 atom stereocenters. The number of anilines is 1. The molecule has 1 fully saturated rings. The van der Waals surface area contributed by atoms with Gasteiger partial charge in [-0.15, -0.1) is 15.3 Å². The SMILES string of the molecule is COC[C@@H](Nc1ccc2nnc(C3CC3)n2n1)c1ccc(C)o1. The van der Waals surface area contributed by atoms with Gasteiger partial charge in [0.2, 0.25) is 0 Å². The Hall–Kier alpha value is -2.41. The summed E-state index contributed by atoms with van der Waals surface area (Å²) >= 11 is 0. The zero-order valence-corrected chi connectivity index (χ0v) is 13.2. The number of methoxy groups -OCH3 is 1. The molecule has 23 heavy (non-hydrogen) atoms. The number of ether oxygens (including phenoxy) is 1. The zero-order chi connectivity index (χ0) is 15.8. The summed E-state index contributed by atoms with van der Waals surface area (Å²) in [6, 6.07) is 7.63. The molecule has 0 amide bonds. The number of furan rings is 1. The van der Waals surface area contributed by atoms with Crippen molar-refractivity contribution < 1.29 is 9.15 Å². The van der Waals surface area contributed by atoms with Crippen LogP contribution in [-0.4, -0.2) is 33.5 Å². The third-order valence-corrected chi connectivity index (χ3v) is 3.99. The number of aryl methyl sites for hydroxylation is 1. The van der Waals surface area contributed by atoms with E-state index in [1.54, 1.807) is 7.11 Å². The summed E-state index contributed by atoms with van der Waals surface area (Å²) < 4.78 is 12.8. The van der Waals surface area contributed by atoms with E-state index in [0.717, 1.165) is 41.7 Å². The van der Waals surface area contributed by atoms with E-state index in [9.17, 15) is 0 Å². The summed E-state index contributed by atoms with van der Waals surface area (Å²) in [6.45, 7) is 2.42. The van der Waals surface area contributed by atoms with Gasteiger partial charge in [-0.2, -0.15) is 4.52 Å². The lowest BCUT2D eigenvalue weighted by Gasteiger charge is -2.16. The molecule has 7 nitrogen and oxygen atoms in total. The molecule has 120 valence electrons. The minimum atomic E-state index is -0.0977. The maximum absolute atomic E-state index is 5.71. The molecule has 1 N–H and O–H groups in total. The summed E-state index contributed by atoms with van der Waals surface area (Å²) in [5.74, 6) is 3.89. The molecule has 0 saturated heterocycles. The van der Waals surface area contributed by atoms with Crippen LogP contribution in [0, 0.1) is 6.92 Å². The summed E-state index contributed by atoms with van der Waals surface area (Å²) in [7, 11) is 1.67. The van der Waals surface area contributed by atoms with E-state index >= 15 is 0 Å². The van der Waals surface area contributed by atoms with Gasteiger partial charge in [0.25, 0.3) is 0 Å². The van der Waals surface area contributed by atoms with Crippen LogP contribution in [0.3, 0.4) is 0 Å². The van der Waals surface area contributed by atoms with Crippen LogP contribution in [0.1, 0.15) is 42.1 Å². The van der Waals surface area contributed by atoms with Crippen LogP contribution >= 0.6 is 0 Å². The van der Waals surface area contributed by atoms with Crippen molar-refractivity contribution in [1.29, 1.82) is 0 Å². The van der Waals surface area contributed by atoms with Crippen LogP contribution in [0.25, 0.3) is 5.65 Å². The van der Waals surface area contributed by atoms with Gasteiger partial charge >= 0.3 is 0 Å². The lowest BCUT2D eigenvalue weighted by molar-refractivity contribution is 0.178.